The summed E-state index contributed by atoms with van der Waals surface area (Å²) in [7, 11) is 0. The van der Waals surface area contributed by atoms with E-state index < -0.39 is 0 Å². The number of hydrogen-bond donors (Lipinski definition) is 0. The minimum atomic E-state index is -0.363. The number of aromatic nitrogens is 3. The maximum Gasteiger partial charge on any atom is 0.238 e. The van der Waals surface area contributed by atoms with E-state index in [0.29, 0.717) is 17.6 Å². The Bertz CT molecular complexity index is 5860. The molecule has 4 aliphatic carbocycles. The summed E-state index contributed by atoms with van der Waals surface area (Å²) in [6, 6.07) is 76.4. The third-order valence-corrected chi connectivity index (χ3v) is 32.7. The minimum absolute atomic E-state index is 0.161. The first kappa shape index (κ1) is 95.3. The summed E-state index contributed by atoms with van der Waals surface area (Å²) < 4.78 is 14.8. The van der Waals surface area contributed by atoms with Gasteiger partial charge in [-0.25, -0.2) is 4.98 Å². The van der Waals surface area contributed by atoms with E-state index in [9.17, 15) is 0 Å². The molecule has 17 rings (SSSR count). The SMILES string of the molecule is CCCCCCCCC1(CCCCCCCC)c2cc(N(c3ccc4c(c3)C(CCCCCCC)(CCCCCCC)c3c5c(c6oc7ccccc7c6c3-4)-c3ccccc3C5(CCCCCCC)CCCCCCC)c3nc(-c4ccccc4)nc(-c4ccccc4)n3)ccc2-c2cc3c(cc21)-c1c(ccc2oc4ccccc4c12)C3(CCCCCCCC)CCCCCCCC. The second-order valence-electron chi connectivity index (χ2n) is 41.6. The van der Waals surface area contributed by atoms with Crippen LogP contribution < -0.4 is 4.90 Å². The lowest BCUT2D eigenvalue weighted by Gasteiger charge is -2.40. The van der Waals surface area contributed by atoms with E-state index >= 15 is 0 Å². The topological polar surface area (TPSA) is 68.2 Å². The number of unbranched alkanes of at least 4 members (excludes halogenated alkanes) is 36. The van der Waals surface area contributed by atoms with Crippen molar-refractivity contribution in [3.63, 3.8) is 0 Å². The van der Waals surface area contributed by atoms with Gasteiger partial charge < -0.3 is 8.83 Å². The monoisotopic (exact) mass is 1770 g/mol. The minimum Gasteiger partial charge on any atom is -0.456 e. The first-order valence-electron chi connectivity index (χ1n) is 54.9. The van der Waals surface area contributed by atoms with Gasteiger partial charge in [-0.15, -0.1) is 0 Å². The zero-order valence-electron chi connectivity index (χ0n) is 83.4. The van der Waals surface area contributed by atoms with Crippen LogP contribution in [0, 0.1) is 0 Å². The van der Waals surface area contributed by atoms with E-state index in [1.165, 1.54) is 347 Å². The number of para-hydroxylation sites is 2. The lowest BCUT2D eigenvalue weighted by Crippen LogP contribution is -2.33. The van der Waals surface area contributed by atoms with Gasteiger partial charge in [0.05, 0.1) is 0 Å². The van der Waals surface area contributed by atoms with Crippen LogP contribution in [0.5, 0.6) is 0 Å². The Labute approximate surface area is 801 Å². The van der Waals surface area contributed by atoms with Gasteiger partial charge in [-0.1, -0.05) is 477 Å². The molecule has 0 bridgehead atoms. The standard InChI is InChI=1S/C127H160N4O2/c1-9-17-25-33-41-57-81-124(82-58-42-34-26-18-10-2)105-79-80-112-114(100-70-52-55-73-110(100)132-112)113(105)103-92-108-102(91-109(103)124)97-77-75-95(89-106(97)125(108,83-59-43-35-27-19-11-3)84-60-44-36-28-20-12-4)131(123-129-121(93-65-47-45-48-66-93)128-122(130-123)94-67-49-46-50-68-94)96-76-78-99-107(90-96)127(87-63-39-31-23-15-7,88-64-40-32-24-16-8)118-115(99)116-101-71-53-56-74-111(101)133-120(116)117-98-69-51-54-72-104(98)126(119(117)118,85-61-37-29-21-13-5)86-62-38-30-22-14-6/h45-56,65-80,89-92H,9-44,57-64,81-88H2,1-8H3. The van der Waals surface area contributed by atoms with Crippen LogP contribution in [0.1, 0.15) is 434 Å². The van der Waals surface area contributed by atoms with E-state index in [-0.39, 0.29) is 21.7 Å². The number of fused-ring (bicyclic) bond motifs is 22. The van der Waals surface area contributed by atoms with Gasteiger partial charge in [-0.05, 0) is 189 Å². The highest BCUT2D eigenvalue weighted by Crippen LogP contribution is 2.69. The van der Waals surface area contributed by atoms with E-state index in [0.717, 1.165) is 109 Å². The molecule has 3 aromatic heterocycles. The summed E-state index contributed by atoms with van der Waals surface area (Å²) in [5.41, 5.74) is 31.2. The molecule has 10 aromatic carbocycles. The molecule has 0 N–H and O–H groups in total. The molecule has 6 heteroatoms. The normalized spacial score (nSPS) is 14.3. The van der Waals surface area contributed by atoms with Crippen LogP contribution in [0.4, 0.5) is 17.3 Å². The van der Waals surface area contributed by atoms with Crippen molar-refractivity contribution in [2.75, 3.05) is 4.90 Å². The summed E-state index contributed by atoms with van der Waals surface area (Å²) in [5, 5.41) is 5.11. The zero-order chi connectivity index (χ0) is 91.4. The fraction of sp³-hybridized carbons (Fsp3) is 0.504. The van der Waals surface area contributed by atoms with E-state index in [2.05, 4.69) is 254 Å². The number of nitrogens with zero attached hydrogens (tertiary/aromatic N) is 4. The van der Waals surface area contributed by atoms with Gasteiger partial charge in [-0.3, -0.25) is 4.90 Å². The van der Waals surface area contributed by atoms with Crippen LogP contribution >= 0.6 is 0 Å². The second kappa shape index (κ2) is 45.5. The fourth-order valence-corrected chi connectivity index (χ4v) is 25.9. The van der Waals surface area contributed by atoms with Gasteiger partial charge in [0.1, 0.15) is 22.3 Å². The number of furan rings is 2. The van der Waals surface area contributed by atoms with Crippen LogP contribution in [-0.4, -0.2) is 15.0 Å². The van der Waals surface area contributed by atoms with Gasteiger partial charge in [0.15, 0.2) is 11.6 Å². The van der Waals surface area contributed by atoms with E-state index in [4.69, 9.17) is 23.8 Å². The molecule has 0 spiro atoms. The molecular formula is C127H160N4O2. The molecule has 3 heterocycles. The van der Waals surface area contributed by atoms with Crippen molar-refractivity contribution in [2.45, 2.75) is 411 Å². The second-order valence-corrected chi connectivity index (χ2v) is 41.6. The van der Waals surface area contributed by atoms with Crippen LogP contribution in [-0.2, 0) is 21.7 Å². The van der Waals surface area contributed by atoms with Crippen molar-refractivity contribution in [1.29, 1.82) is 0 Å². The van der Waals surface area contributed by atoms with Crippen LogP contribution in [0.25, 0.3) is 111 Å². The van der Waals surface area contributed by atoms with E-state index in [1.54, 1.807) is 33.4 Å². The first-order valence-corrected chi connectivity index (χ1v) is 54.9. The number of hydrogen-bond acceptors (Lipinski definition) is 6. The molecule has 0 saturated carbocycles. The molecule has 0 amide bonds. The molecule has 700 valence electrons. The Morgan fingerprint density at radius 1 is 0.233 bits per heavy atom. The van der Waals surface area contributed by atoms with Crippen LogP contribution in [0.3, 0.4) is 0 Å². The Balaban J connectivity index is 0.950. The molecule has 0 fully saturated rings. The van der Waals surface area contributed by atoms with Crippen molar-refractivity contribution < 1.29 is 8.83 Å². The molecular weight excluding hydrogens is 1610 g/mol. The summed E-state index contributed by atoms with van der Waals surface area (Å²) in [5.74, 6) is 2.00. The lowest BCUT2D eigenvalue weighted by atomic mass is 9.62. The van der Waals surface area contributed by atoms with Crippen LogP contribution in [0.15, 0.2) is 203 Å². The summed E-state index contributed by atoms with van der Waals surface area (Å²) >= 11 is 0. The number of rotatable bonds is 57. The Morgan fingerprint density at radius 3 is 1.05 bits per heavy atom. The molecule has 4 aliphatic rings. The van der Waals surface area contributed by atoms with Gasteiger partial charge >= 0.3 is 0 Å². The molecule has 0 saturated heterocycles. The van der Waals surface area contributed by atoms with Gasteiger partial charge in [0, 0.05) is 71.3 Å². The molecule has 13 aromatic rings. The van der Waals surface area contributed by atoms with Crippen LogP contribution in [0.2, 0.25) is 0 Å². The Kier molecular flexibility index (Phi) is 32.6. The lowest BCUT2D eigenvalue weighted by molar-refractivity contribution is 0.369. The highest BCUT2D eigenvalue weighted by molar-refractivity contribution is 6.21. The average molecular weight is 1770 g/mol. The zero-order valence-corrected chi connectivity index (χ0v) is 83.4. The predicted octanol–water partition coefficient (Wildman–Crippen LogP) is 40.0. The summed E-state index contributed by atoms with van der Waals surface area (Å²) in [6.45, 7) is 19.0. The van der Waals surface area contributed by atoms with Gasteiger partial charge in [0.25, 0.3) is 0 Å². The van der Waals surface area contributed by atoms with Crippen molar-refractivity contribution >= 4 is 61.2 Å². The highest BCUT2D eigenvalue weighted by Gasteiger charge is 2.55. The number of benzene rings is 10. The van der Waals surface area contributed by atoms with Crippen molar-refractivity contribution in [3.05, 3.63) is 239 Å². The number of anilines is 3. The Morgan fingerprint density at radius 2 is 0.579 bits per heavy atom. The first-order chi connectivity index (χ1) is 65.7. The van der Waals surface area contributed by atoms with Gasteiger partial charge in [-0.2, -0.15) is 9.97 Å². The molecule has 6 nitrogen and oxygen atoms in total. The van der Waals surface area contributed by atoms with Crippen molar-refractivity contribution in [2.24, 2.45) is 0 Å². The van der Waals surface area contributed by atoms with Gasteiger partial charge in [0.2, 0.25) is 5.95 Å². The molecule has 0 aliphatic heterocycles. The predicted molar refractivity (Wildman–Crippen MR) is 570 cm³/mol. The Hall–Kier alpha value is -9.39. The third kappa shape index (κ3) is 19.5. The quantitative estimate of drug-likeness (QED) is 0.0354. The van der Waals surface area contributed by atoms with Crippen molar-refractivity contribution in [1.82, 2.24) is 15.0 Å². The third-order valence-electron chi connectivity index (χ3n) is 32.7. The summed E-state index contributed by atoms with van der Waals surface area (Å²) in [6.07, 6.45) is 64.0. The van der Waals surface area contributed by atoms with E-state index in [1.807, 2.05) is 0 Å². The largest absolute Gasteiger partial charge is 0.456 e. The smallest absolute Gasteiger partial charge is 0.238 e. The summed E-state index contributed by atoms with van der Waals surface area (Å²) in [4.78, 5) is 20.1. The molecule has 0 unspecified atom stereocenters. The average Bonchev–Trinajstić information content (AvgIpc) is 1.48. The van der Waals surface area contributed by atoms with Crippen molar-refractivity contribution in [3.8, 4) is 67.3 Å². The molecule has 0 atom stereocenters. The maximum atomic E-state index is 7.77. The molecule has 133 heavy (non-hydrogen) atoms. The maximum absolute atomic E-state index is 7.77. The highest BCUT2D eigenvalue weighted by atomic mass is 16.3. The fourth-order valence-electron chi connectivity index (χ4n) is 25.9. The molecule has 0 radical (unpaired) electrons.